The molecule has 0 aliphatic rings. The summed E-state index contributed by atoms with van der Waals surface area (Å²) in [6.45, 7) is 5.67. The first-order valence-corrected chi connectivity index (χ1v) is 2.60. The highest BCUT2D eigenvalue weighted by Crippen LogP contribution is 1.81. The molecule has 0 aliphatic carbocycles. The Morgan fingerprint density at radius 2 is 2.33 bits per heavy atom. The van der Waals surface area contributed by atoms with Gasteiger partial charge in [0.15, 0.2) is 0 Å². The molecule has 0 spiro atoms. The zero-order valence-electron chi connectivity index (χ0n) is 5.42. The third kappa shape index (κ3) is 7.50. The second-order valence-corrected chi connectivity index (χ2v) is 1.37. The van der Waals surface area contributed by atoms with Gasteiger partial charge in [-0.25, -0.2) is 4.79 Å². The van der Waals surface area contributed by atoms with Crippen molar-refractivity contribution in [3.05, 3.63) is 12.7 Å². The first kappa shape index (κ1) is 11.3. The van der Waals surface area contributed by atoms with E-state index in [4.69, 9.17) is 0 Å². The van der Waals surface area contributed by atoms with Gasteiger partial charge in [0.1, 0.15) is 0 Å². The van der Waals surface area contributed by atoms with Crippen molar-refractivity contribution in [3.63, 3.8) is 0 Å². The molecule has 54 valence electrons. The van der Waals surface area contributed by atoms with Gasteiger partial charge in [-0.2, -0.15) is 0 Å². The third-order valence-electron chi connectivity index (χ3n) is 0.615. The van der Waals surface area contributed by atoms with Crippen molar-refractivity contribution in [3.8, 4) is 0 Å². The Bertz CT molecular complexity index is 91.1. The van der Waals surface area contributed by atoms with Gasteiger partial charge in [-0.15, -0.1) is 12.4 Å². The molecule has 0 amide bonds. The SMILES string of the molecule is C=CC(=O)OCCC.Cl. The van der Waals surface area contributed by atoms with Gasteiger partial charge >= 0.3 is 5.97 Å². The Hall–Kier alpha value is -0.500. The number of rotatable bonds is 3. The molecule has 0 aromatic heterocycles. The largest absolute Gasteiger partial charge is 0.463 e. The quantitative estimate of drug-likeness (QED) is 0.451. The van der Waals surface area contributed by atoms with Crippen LogP contribution in [0.2, 0.25) is 0 Å². The van der Waals surface area contributed by atoms with E-state index in [0.29, 0.717) is 6.61 Å². The lowest BCUT2D eigenvalue weighted by atomic mass is 10.5. The van der Waals surface area contributed by atoms with Crippen LogP contribution in [0.15, 0.2) is 12.7 Å². The molecule has 9 heavy (non-hydrogen) atoms. The molecule has 0 heterocycles. The van der Waals surface area contributed by atoms with Gasteiger partial charge in [0.2, 0.25) is 0 Å². The van der Waals surface area contributed by atoms with E-state index in [1.165, 1.54) is 0 Å². The topological polar surface area (TPSA) is 26.3 Å². The predicted molar refractivity (Wildman–Crippen MR) is 38.7 cm³/mol. The number of halogens is 1. The van der Waals surface area contributed by atoms with Gasteiger partial charge in [0.25, 0.3) is 0 Å². The summed E-state index contributed by atoms with van der Waals surface area (Å²) >= 11 is 0. The van der Waals surface area contributed by atoms with Crippen molar-refractivity contribution in [2.24, 2.45) is 0 Å². The Labute approximate surface area is 61.3 Å². The highest BCUT2D eigenvalue weighted by molar-refractivity contribution is 5.85. The molecule has 0 aromatic rings. The van der Waals surface area contributed by atoms with E-state index >= 15 is 0 Å². The van der Waals surface area contributed by atoms with Crippen molar-refractivity contribution in [2.75, 3.05) is 6.61 Å². The molecule has 0 saturated carbocycles. The molecular formula is C6H11ClO2. The van der Waals surface area contributed by atoms with Crippen LogP contribution in [0, 0.1) is 0 Å². The average Bonchev–Trinajstić information content (AvgIpc) is 1.83. The molecule has 0 saturated heterocycles. The molecule has 0 aliphatic heterocycles. The number of hydrogen-bond donors (Lipinski definition) is 0. The summed E-state index contributed by atoms with van der Waals surface area (Å²) in [5.41, 5.74) is 0. The minimum absolute atomic E-state index is 0. The monoisotopic (exact) mass is 150 g/mol. The molecule has 0 N–H and O–H groups in total. The summed E-state index contributed by atoms with van der Waals surface area (Å²) in [5.74, 6) is -0.341. The fourth-order valence-electron chi connectivity index (χ4n) is 0.262. The lowest BCUT2D eigenvalue weighted by Crippen LogP contribution is -1.99. The second-order valence-electron chi connectivity index (χ2n) is 1.37. The smallest absolute Gasteiger partial charge is 0.330 e. The highest BCUT2D eigenvalue weighted by atomic mass is 35.5. The van der Waals surface area contributed by atoms with Crippen LogP contribution in [-0.4, -0.2) is 12.6 Å². The van der Waals surface area contributed by atoms with Crippen molar-refractivity contribution >= 4 is 18.4 Å². The van der Waals surface area contributed by atoms with E-state index in [-0.39, 0.29) is 18.4 Å². The van der Waals surface area contributed by atoms with Gasteiger partial charge in [0.05, 0.1) is 6.61 Å². The molecule has 0 radical (unpaired) electrons. The minimum atomic E-state index is -0.341. The van der Waals surface area contributed by atoms with Gasteiger partial charge in [-0.1, -0.05) is 13.5 Å². The van der Waals surface area contributed by atoms with Crippen LogP contribution < -0.4 is 0 Å². The van der Waals surface area contributed by atoms with E-state index < -0.39 is 0 Å². The van der Waals surface area contributed by atoms with E-state index in [1.54, 1.807) is 0 Å². The molecule has 0 rings (SSSR count). The van der Waals surface area contributed by atoms with Crippen LogP contribution in [0.3, 0.4) is 0 Å². The number of esters is 1. The van der Waals surface area contributed by atoms with Gasteiger partial charge in [-0.05, 0) is 6.42 Å². The molecule has 0 aromatic carbocycles. The zero-order chi connectivity index (χ0) is 6.41. The Morgan fingerprint density at radius 3 is 2.67 bits per heavy atom. The molecule has 2 nitrogen and oxygen atoms in total. The number of hydrogen-bond acceptors (Lipinski definition) is 2. The number of ether oxygens (including phenoxy) is 1. The van der Waals surface area contributed by atoms with Gasteiger partial charge < -0.3 is 4.74 Å². The predicted octanol–water partition coefficient (Wildman–Crippen LogP) is 1.55. The summed E-state index contributed by atoms with van der Waals surface area (Å²) in [4.78, 5) is 10.2. The van der Waals surface area contributed by atoms with Gasteiger partial charge in [0, 0.05) is 6.08 Å². The average molecular weight is 151 g/mol. The van der Waals surface area contributed by atoms with Crippen LogP contribution in [0.1, 0.15) is 13.3 Å². The maximum absolute atomic E-state index is 10.2. The maximum atomic E-state index is 10.2. The standard InChI is InChI=1S/C6H10O2.ClH/c1-3-5-8-6(7)4-2;/h4H,2-3,5H2,1H3;1H. The lowest BCUT2D eigenvalue weighted by molar-refractivity contribution is -0.137. The number of carbonyl (C=O) groups is 1. The van der Waals surface area contributed by atoms with Crippen LogP contribution >= 0.6 is 12.4 Å². The minimum Gasteiger partial charge on any atom is -0.463 e. The Morgan fingerprint density at radius 1 is 1.78 bits per heavy atom. The van der Waals surface area contributed by atoms with E-state index in [0.717, 1.165) is 12.5 Å². The van der Waals surface area contributed by atoms with Crippen molar-refractivity contribution < 1.29 is 9.53 Å². The van der Waals surface area contributed by atoms with Crippen LogP contribution in [0.25, 0.3) is 0 Å². The fraction of sp³-hybridized carbons (Fsp3) is 0.500. The van der Waals surface area contributed by atoms with Crippen molar-refractivity contribution in [2.45, 2.75) is 13.3 Å². The van der Waals surface area contributed by atoms with Gasteiger partial charge in [-0.3, -0.25) is 0 Å². The summed E-state index contributed by atoms with van der Waals surface area (Å²) in [6, 6.07) is 0. The van der Waals surface area contributed by atoms with Crippen LogP contribution in [0.4, 0.5) is 0 Å². The van der Waals surface area contributed by atoms with Crippen LogP contribution in [-0.2, 0) is 9.53 Å². The molecule has 0 fully saturated rings. The Balaban J connectivity index is 0. The van der Waals surface area contributed by atoms with Crippen molar-refractivity contribution in [1.29, 1.82) is 0 Å². The molecule has 0 bridgehead atoms. The molecule has 0 atom stereocenters. The fourth-order valence-corrected chi connectivity index (χ4v) is 0.262. The maximum Gasteiger partial charge on any atom is 0.330 e. The van der Waals surface area contributed by atoms with E-state index in [2.05, 4.69) is 11.3 Å². The van der Waals surface area contributed by atoms with Crippen molar-refractivity contribution in [1.82, 2.24) is 0 Å². The lowest BCUT2D eigenvalue weighted by Gasteiger charge is -1.94. The summed E-state index contributed by atoms with van der Waals surface area (Å²) in [7, 11) is 0. The first-order valence-electron chi connectivity index (χ1n) is 2.60. The van der Waals surface area contributed by atoms with E-state index in [9.17, 15) is 4.79 Å². The third-order valence-corrected chi connectivity index (χ3v) is 0.615. The molecule has 0 unspecified atom stereocenters. The second kappa shape index (κ2) is 7.50. The first-order chi connectivity index (χ1) is 3.81. The number of carbonyl (C=O) groups excluding carboxylic acids is 1. The summed E-state index contributed by atoms with van der Waals surface area (Å²) in [5, 5.41) is 0. The highest BCUT2D eigenvalue weighted by Gasteiger charge is 1.89. The summed E-state index contributed by atoms with van der Waals surface area (Å²) < 4.78 is 4.58. The Kier molecular flexibility index (Phi) is 9.43. The summed E-state index contributed by atoms with van der Waals surface area (Å²) in [6.07, 6.45) is 2.02. The zero-order valence-corrected chi connectivity index (χ0v) is 6.24. The molecular weight excluding hydrogens is 140 g/mol. The van der Waals surface area contributed by atoms with Crippen LogP contribution in [0.5, 0.6) is 0 Å². The van der Waals surface area contributed by atoms with E-state index in [1.807, 2.05) is 6.92 Å². The normalized spacial score (nSPS) is 7.22. The molecule has 3 heteroatoms.